The first-order valence-corrected chi connectivity index (χ1v) is 10.5. The van der Waals surface area contributed by atoms with Gasteiger partial charge in [-0.2, -0.15) is 0 Å². The van der Waals surface area contributed by atoms with Gasteiger partial charge in [-0.25, -0.2) is 0 Å². The Morgan fingerprint density at radius 2 is 2.07 bits per heavy atom. The lowest BCUT2D eigenvalue weighted by Gasteiger charge is -2.44. The number of piperidine rings is 1. The number of rotatable bonds is 7. The number of carbonyl (C=O) groups is 2. The molecule has 2 aliphatic rings. The highest BCUT2D eigenvalue weighted by molar-refractivity contribution is 7.14. The molecule has 6 nitrogen and oxygen atoms in total. The van der Waals surface area contributed by atoms with E-state index in [-0.39, 0.29) is 17.4 Å². The lowest BCUT2D eigenvalue weighted by atomic mass is 9.82. The number of carbonyl (C=O) groups excluding carboxylic acids is 2. The molecular weight excluding hydrogens is 362 g/mol. The zero-order valence-corrected chi connectivity index (χ0v) is 16.8. The summed E-state index contributed by atoms with van der Waals surface area (Å²) in [5.41, 5.74) is 0.984. The fourth-order valence-corrected chi connectivity index (χ4v) is 5.00. The van der Waals surface area contributed by atoms with E-state index in [1.165, 1.54) is 17.4 Å². The van der Waals surface area contributed by atoms with Crippen LogP contribution in [0.1, 0.15) is 46.3 Å². The second-order valence-corrected chi connectivity index (χ2v) is 8.33. The van der Waals surface area contributed by atoms with Crippen LogP contribution < -0.4 is 10.6 Å². The summed E-state index contributed by atoms with van der Waals surface area (Å²) < 4.78 is 6.28. The lowest BCUT2D eigenvalue weighted by molar-refractivity contribution is -0.118. The van der Waals surface area contributed by atoms with E-state index >= 15 is 0 Å². The highest BCUT2D eigenvalue weighted by atomic mass is 32.1. The van der Waals surface area contributed by atoms with E-state index in [0.717, 1.165) is 56.8 Å². The number of fused-ring (bicyclic) bond motifs is 2. The molecule has 2 aliphatic heterocycles. The van der Waals surface area contributed by atoms with Crippen molar-refractivity contribution in [3.8, 4) is 0 Å². The van der Waals surface area contributed by atoms with E-state index in [1.807, 2.05) is 12.1 Å². The van der Waals surface area contributed by atoms with Gasteiger partial charge < -0.3 is 20.3 Å². The third-order valence-electron chi connectivity index (χ3n) is 5.33. The van der Waals surface area contributed by atoms with Crippen molar-refractivity contribution in [1.82, 2.24) is 15.5 Å². The maximum absolute atomic E-state index is 12.5. The maximum atomic E-state index is 12.5. The fraction of sp³-hybridized carbons (Fsp3) is 0.600. The molecule has 0 saturated carbocycles. The number of nitrogens with zero attached hydrogens (tertiary/aromatic N) is 1. The van der Waals surface area contributed by atoms with Gasteiger partial charge in [0.05, 0.1) is 17.1 Å². The molecule has 3 rings (SSSR count). The second-order valence-electron chi connectivity index (χ2n) is 7.20. The van der Waals surface area contributed by atoms with Gasteiger partial charge in [-0.05, 0) is 30.9 Å². The Morgan fingerprint density at radius 3 is 2.78 bits per heavy atom. The molecule has 1 saturated heterocycles. The van der Waals surface area contributed by atoms with Crippen LogP contribution in [0, 0.1) is 0 Å². The molecule has 0 aliphatic carbocycles. The van der Waals surface area contributed by atoms with Crippen molar-refractivity contribution < 1.29 is 14.3 Å². The van der Waals surface area contributed by atoms with Gasteiger partial charge in [-0.3, -0.25) is 9.59 Å². The van der Waals surface area contributed by atoms with Gasteiger partial charge in [-0.1, -0.05) is 6.08 Å². The Bertz CT molecular complexity index is 693. The Balaban J connectivity index is 1.64. The highest BCUT2D eigenvalue weighted by Crippen LogP contribution is 2.44. The third-order valence-corrected chi connectivity index (χ3v) is 6.52. The molecule has 3 heterocycles. The largest absolute Gasteiger partial charge is 0.370 e. The van der Waals surface area contributed by atoms with Crippen molar-refractivity contribution in [2.24, 2.45) is 0 Å². The SMILES string of the molecule is C=CCCN1CCC2(CC1)OCCc1sc(C(=O)NCCNC(C)=O)cc12. The maximum Gasteiger partial charge on any atom is 0.261 e. The summed E-state index contributed by atoms with van der Waals surface area (Å²) in [4.78, 5) is 27.9. The van der Waals surface area contributed by atoms with Crippen LogP contribution in [0.3, 0.4) is 0 Å². The number of amides is 2. The van der Waals surface area contributed by atoms with Crippen LogP contribution in [0.5, 0.6) is 0 Å². The minimum absolute atomic E-state index is 0.0710. The molecule has 7 heteroatoms. The molecule has 148 valence electrons. The number of ether oxygens (including phenoxy) is 1. The fourth-order valence-electron chi connectivity index (χ4n) is 3.86. The summed E-state index contributed by atoms with van der Waals surface area (Å²) in [6, 6.07) is 2.03. The highest BCUT2D eigenvalue weighted by Gasteiger charge is 2.42. The first kappa shape index (κ1) is 20.0. The van der Waals surface area contributed by atoms with Gasteiger partial charge in [0.25, 0.3) is 5.91 Å². The minimum Gasteiger partial charge on any atom is -0.370 e. The van der Waals surface area contributed by atoms with Gasteiger partial charge in [-0.15, -0.1) is 17.9 Å². The molecule has 27 heavy (non-hydrogen) atoms. The standard InChI is InChI=1S/C20H29N3O3S/c1-3-4-10-23-11-6-20(7-12-23)16-14-18(27-17(16)5-13-26-20)19(25)22-9-8-21-15(2)24/h3,14H,1,4-13H2,2H3,(H,21,24)(H,22,25). The molecule has 1 aromatic rings. The van der Waals surface area contributed by atoms with Crippen LogP contribution in [0.15, 0.2) is 18.7 Å². The van der Waals surface area contributed by atoms with Crippen molar-refractivity contribution in [3.63, 3.8) is 0 Å². The molecule has 1 aromatic heterocycles. The molecule has 0 aromatic carbocycles. The monoisotopic (exact) mass is 391 g/mol. The molecule has 0 radical (unpaired) electrons. The number of likely N-dealkylation sites (tertiary alicyclic amines) is 1. The Labute approximate surface area is 165 Å². The average Bonchev–Trinajstić information content (AvgIpc) is 3.11. The first-order chi connectivity index (χ1) is 13.0. The first-order valence-electron chi connectivity index (χ1n) is 9.67. The van der Waals surface area contributed by atoms with Crippen molar-refractivity contribution in [2.75, 3.05) is 39.3 Å². The number of thiophene rings is 1. The predicted octanol–water partition coefficient (Wildman–Crippen LogP) is 2.05. The summed E-state index contributed by atoms with van der Waals surface area (Å²) >= 11 is 1.58. The molecule has 0 atom stereocenters. The zero-order valence-electron chi connectivity index (χ0n) is 16.0. The summed E-state index contributed by atoms with van der Waals surface area (Å²) in [6.07, 6.45) is 5.80. The normalized spacial score (nSPS) is 18.7. The van der Waals surface area contributed by atoms with Crippen LogP contribution in [0.25, 0.3) is 0 Å². The van der Waals surface area contributed by atoms with E-state index in [4.69, 9.17) is 4.74 Å². The third kappa shape index (κ3) is 4.78. The van der Waals surface area contributed by atoms with Crippen molar-refractivity contribution in [3.05, 3.63) is 34.0 Å². The Hall–Kier alpha value is -1.70. The molecule has 2 amide bonds. The summed E-state index contributed by atoms with van der Waals surface area (Å²) in [5.74, 6) is -0.160. The van der Waals surface area contributed by atoms with E-state index in [2.05, 4.69) is 22.1 Å². The van der Waals surface area contributed by atoms with Crippen LogP contribution >= 0.6 is 11.3 Å². The topological polar surface area (TPSA) is 70.7 Å². The smallest absolute Gasteiger partial charge is 0.261 e. The van der Waals surface area contributed by atoms with Gasteiger partial charge in [0.2, 0.25) is 5.91 Å². The van der Waals surface area contributed by atoms with Crippen molar-refractivity contribution in [2.45, 2.75) is 38.2 Å². The molecule has 0 unspecified atom stereocenters. The molecule has 0 bridgehead atoms. The number of hydrogen-bond donors (Lipinski definition) is 2. The number of nitrogens with one attached hydrogen (secondary N) is 2. The molecule has 2 N–H and O–H groups in total. The van der Waals surface area contributed by atoms with E-state index in [1.54, 1.807) is 11.3 Å². The van der Waals surface area contributed by atoms with E-state index in [0.29, 0.717) is 13.1 Å². The summed E-state index contributed by atoms with van der Waals surface area (Å²) in [7, 11) is 0. The van der Waals surface area contributed by atoms with Gasteiger partial charge >= 0.3 is 0 Å². The van der Waals surface area contributed by atoms with Crippen LogP contribution in [-0.4, -0.2) is 56.0 Å². The van der Waals surface area contributed by atoms with Crippen LogP contribution in [0.2, 0.25) is 0 Å². The van der Waals surface area contributed by atoms with Crippen molar-refractivity contribution in [1.29, 1.82) is 0 Å². The Morgan fingerprint density at radius 1 is 1.33 bits per heavy atom. The predicted molar refractivity (Wildman–Crippen MR) is 107 cm³/mol. The van der Waals surface area contributed by atoms with Gasteiger partial charge in [0, 0.05) is 50.9 Å². The van der Waals surface area contributed by atoms with E-state index in [9.17, 15) is 9.59 Å². The van der Waals surface area contributed by atoms with Crippen LogP contribution in [-0.2, 0) is 21.6 Å². The average molecular weight is 392 g/mol. The van der Waals surface area contributed by atoms with Crippen LogP contribution in [0.4, 0.5) is 0 Å². The van der Waals surface area contributed by atoms with Gasteiger partial charge in [0.15, 0.2) is 0 Å². The van der Waals surface area contributed by atoms with Crippen molar-refractivity contribution >= 4 is 23.2 Å². The van der Waals surface area contributed by atoms with E-state index < -0.39 is 0 Å². The zero-order chi connectivity index (χ0) is 19.3. The minimum atomic E-state index is -0.233. The summed E-state index contributed by atoms with van der Waals surface area (Å²) in [5, 5.41) is 5.57. The van der Waals surface area contributed by atoms with Gasteiger partial charge in [0.1, 0.15) is 0 Å². The summed E-state index contributed by atoms with van der Waals surface area (Å²) in [6.45, 7) is 9.96. The quantitative estimate of drug-likeness (QED) is 0.551. The molecule has 1 spiro atoms. The Kier molecular flexibility index (Phi) is 6.68. The molecular formula is C20H29N3O3S. The second kappa shape index (κ2) is 8.99. The lowest BCUT2D eigenvalue weighted by Crippen LogP contribution is -2.46. The number of hydrogen-bond acceptors (Lipinski definition) is 5. The molecule has 1 fully saturated rings.